The van der Waals surface area contributed by atoms with Gasteiger partial charge in [0.15, 0.2) is 11.4 Å². The maximum absolute atomic E-state index is 13.1. The molecule has 2 aromatic carbocycles. The number of nitrogens with zero attached hydrogens (tertiary/aromatic N) is 2. The fourth-order valence-corrected chi connectivity index (χ4v) is 3.14. The second-order valence-corrected chi connectivity index (χ2v) is 6.65. The van der Waals surface area contributed by atoms with Crippen molar-refractivity contribution in [3.8, 4) is 11.4 Å². The number of para-hydroxylation sites is 2. The molecule has 0 radical (unpaired) electrons. The number of fused-ring (bicyclic) bond motifs is 1. The van der Waals surface area contributed by atoms with Crippen molar-refractivity contribution >= 4 is 29.2 Å². The number of nitrogens with one attached hydrogen (secondary N) is 1. The second kappa shape index (κ2) is 9.59. The number of rotatable bonds is 7. The average molecular weight is 404 g/mol. The van der Waals surface area contributed by atoms with Crippen LogP contribution in [-0.2, 0) is 0 Å². The molecule has 0 saturated carbocycles. The molecule has 0 aliphatic carbocycles. The maximum atomic E-state index is 13.1. The van der Waals surface area contributed by atoms with Crippen molar-refractivity contribution in [3.63, 3.8) is 0 Å². The predicted molar refractivity (Wildman–Crippen MR) is 114 cm³/mol. The minimum atomic E-state index is -0.938. The number of methoxy groups -OCH3 is 1. The number of hydrogen-bond acceptors (Lipinski definition) is 4. The molecule has 1 unspecified atom stereocenters. The third-order valence-corrected chi connectivity index (χ3v) is 4.41. The van der Waals surface area contributed by atoms with Gasteiger partial charge in [0.05, 0.1) is 12.6 Å². The molecular weight excluding hydrogens is 378 g/mol. The zero-order valence-electron chi connectivity index (χ0n) is 16.3. The van der Waals surface area contributed by atoms with E-state index in [9.17, 15) is 9.90 Å². The van der Waals surface area contributed by atoms with E-state index in [1.165, 1.54) is 0 Å². The topological polar surface area (TPSA) is 66.7 Å². The summed E-state index contributed by atoms with van der Waals surface area (Å²) in [5, 5.41) is 13.8. The van der Waals surface area contributed by atoms with Crippen LogP contribution in [0.4, 0.5) is 0 Å². The van der Waals surface area contributed by atoms with Gasteiger partial charge in [-0.2, -0.15) is 0 Å². The van der Waals surface area contributed by atoms with Crippen molar-refractivity contribution in [1.29, 1.82) is 0 Å². The van der Waals surface area contributed by atoms with Crippen molar-refractivity contribution in [2.75, 3.05) is 27.7 Å². The van der Waals surface area contributed by atoms with Crippen molar-refractivity contribution in [2.45, 2.75) is 12.6 Å². The lowest BCUT2D eigenvalue weighted by Crippen LogP contribution is -2.37. The molecule has 1 atom stereocenters. The minimum absolute atomic E-state index is 0. The van der Waals surface area contributed by atoms with Gasteiger partial charge in [-0.3, -0.25) is 4.79 Å². The fraction of sp³-hybridized carbons (Fsp3) is 0.286. The summed E-state index contributed by atoms with van der Waals surface area (Å²) in [7, 11) is 5.39. The first-order valence-electron chi connectivity index (χ1n) is 8.89. The van der Waals surface area contributed by atoms with E-state index in [0.29, 0.717) is 24.4 Å². The van der Waals surface area contributed by atoms with E-state index in [-0.39, 0.29) is 18.3 Å². The molecule has 1 amide bonds. The molecule has 0 aliphatic heterocycles. The fourth-order valence-electron chi connectivity index (χ4n) is 3.14. The Morgan fingerprint density at radius 1 is 1.14 bits per heavy atom. The van der Waals surface area contributed by atoms with E-state index in [0.717, 1.165) is 16.6 Å². The lowest BCUT2D eigenvalue weighted by molar-refractivity contribution is 0.0736. The van der Waals surface area contributed by atoms with Crippen LogP contribution in [0.2, 0.25) is 0 Å². The average Bonchev–Trinajstić information content (AvgIpc) is 3.01. The van der Waals surface area contributed by atoms with Crippen LogP contribution in [-0.4, -0.2) is 54.5 Å². The molecule has 0 spiro atoms. The van der Waals surface area contributed by atoms with E-state index in [4.69, 9.17) is 4.74 Å². The van der Waals surface area contributed by atoms with E-state index in [1.807, 2.05) is 78.2 Å². The van der Waals surface area contributed by atoms with Crippen LogP contribution in [0.15, 0.2) is 54.6 Å². The Morgan fingerprint density at radius 2 is 1.79 bits per heavy atom. The highest BCUT2D eigenvalue weighted by Gasteiger charge is 2.25. The first kappa shape index (κ1) is 21.8. The number of aromatic nitrogens is 1. The summed E-state index contributed by atoms with van der Waals surface area (Å²) < 4.78 is 7.45. The first-order chi connectivity index (χ1) is 13.0. The van der Waals surface area contributed by atoms with Crippen molar-refractivity contribution < 1.29 is 14.6 Å². The van der Waals surface area contributed by atoms with E-state index < -0.39 is 6.23 Å². The summed E-state index contributed by atoms with van der Waals surface area (Å²) >= 11 is 0. The highest BCUT2D eigenvalue weighted by Crippen LogP contribution is 2.35. The van der Waals surface area contributed by atoms with Crippen LogP contribution in [0.25, 0.3) is 16.6 Å². The Labute approximate surface area is 171 Å². The van der Waals surface area contributed by atoms with Gasteiger partial charge in [-0.25, -0.2) is 0 Å². The molecule has 2 N–H and O–H groups in total. The van der Waals surface area contributed by atoms with E-state index >= 15 is 0 Å². The van der Waals surface area contributed by atoms with Crippen LogP contribution < -0.4 is 10.1 Å². The van der Waals surface area contributed by atoms with Crippen LogP contribution in [0, 0.1) is 0 Å². The summed E-state index contributed by atoms with van der Waals surface area (Å²) in [4.78, 5) is 15.0. The van der Waals surface area contributed by atoms with Crippen molar-refractivity contribution in [3.05, 3.63) is 60.3 Å². The first-order valence-corrected chi connectivity index (χ1v) is 8.89. The Hall–Kier alpha value is -2.54. The standard InChI is InChI=1S/C21H25N3O3.ClH/c1-23(2)14-13-18(25)22-21(26)19-20(27-3)16-11-7-8-12-17(16)24(19)15-9-5-4-6-10-15;/h4-12,18,25H,13-14H2,1-3H3,(H,22,26);1H. The van der Waals surface area contributed by atoms with Crippen LogP contribution in [0.3, 0.4) is 0 Å². The third kappa shape index (κ3) is 4.47. The summed E-state index contributed by atoms with van der Waals surface area (Å²) in [6, 6.07) is 17.3. The third-order valence-electron chi connectivity index (χ3n) is 4.41. The number of amides is 1. The number of carbonyl (C=O) groups excluding carboxylic acids is 1. The van der Waals surface area contributed by atoms with Gasteiger partial charge in [-0.1, -0.05) is 30.3 Å². The smallest absolute Gasteiger partial charge is 0.274 e. The molecule has 1 aromatic heterocycles. The molecule has 0 aliphatic rings. The molecule has 6 nitrogen and oxygen atoms in total. The minimum Gasteiger partial charge on any atom is -0.494 e. The summed E-state index contributed by atoms with van der Waals surface area (Å²) in [5.41, 5.74) is 2.09. The Bertz CT molecular complexity index is 925. The van der Waals surface area contributed by atoms with Crippen molar-refractivity contribution in [2.24, 2.45) is 0 Å². The van der Waals surface area contributed by atoms with Gasteiger partial charge < -0.3 is 24.6 Å². The van der Waals surface area contributed by atoms with Gasteiger partial charge in [-0.05, 0) is 38.4 Å². The summed E-state index contributed by atoms with van der Waals surface area (Å²) in [6.07, 6.45) is -0.501. The Morgan fingerprint density at radius 3 is 2.43 bits per heavy atom. The van der Waals surface area contributed by atoms with Gasteiger partial charge in [0.2, 0.25) is 0 Å². The van der Waals surface area contributed by atoms with Crippen molar-refractivity contribution in [1.82, 2.24) is 14.8 Å². The monoisotopic (exact) mass is 403 g/mol. The molecule has 3 aromatic rings. The van der Waals surface area contributed by atoms with Gasteiger partial charge in [0.1, 0.15) is 6.23 Å². The normalized spacial score (nSPS) is 11.9. The number of hydrogen-bond donors (Lipinski definition) is 2. The Kier molecular flexibility index (Phi) is 7.45. The SMILES string of the molecule is COc1c(C(=O)NC(O)CCN(C)C)n(-c2ccccc2)c2ccccc12.Cl. The van der Waals surface area contributed by atoms with Gasteiger partial charge in [0, 0.05) is 24.0 Å². The number of ether oxygens (including phenoxy) is 1. The van der Waals surface area contributed by atoms with E-state index in [1.54, 1.807) is 7.11 Å². The molecule has 28 heavy (non-hydrogen) atoms. The molecule has 150 valence electrons. The molecule has 3 rings (SSSR count). The molecule has 0 saturated heterocycles. The number of aliphatic hydroxyl groups excluding tert-OH is 1. The largest absolute Gasteiger partial charge is 0.494 e. The number of benzene rings is 2. The number of carbonyl (C=O) groups is 1. The van der Waals surface area contributed by atoms with Gasteiger partial charge in [-0.15, -0.1) is 12.4 Å². The van der Waals surface area contributed by atoms with Crippen LogP contribution >= 0.6 is 12.4 Å². The summed E-state index contributed by atoms with van der Waals surface area (Å²) in [5.74, 6) is 0.116. The lowest BCUT2D eigenvalue weighted by atomic mass is 10.2. The number of halogens is 1. The lowest BCUT2D eigenvalue weighted by Gasteiger charge is -2.17. The second-order valence-electron chi connectivity index (χ2n) is 6.65. The molecule has 0 bridgehead atoms. The summed E-state index contributed by atoms with van der Waals surface area (Å²) in [6.45, 7) is 0.667. The highest BCUT2D eigenvalue weighted by molar-refractivity contribution is 6.05. The molecule has 7 heteroatoms. The van der Waals surface area contributed by atoms with Gasteiger partial charge >= 0.3 is 0 Å². The van der Waals surface area contributed by atoms with Gasteiger partial charge in [0.25, 0.3) is 5.91 Å². The number of aliphatic hydroxyl groups is 1. The predicted octanol–water partition coefficient (Wildman–Crippen LogP) is 3.06. The molecule has 0 fully saturated rings. The quantitative estimate of drug-likeness (QED) is 0.595. The van der Waals surface area contributed by atoms with Crippen LogP contribution in [0.1, 0.15) is 16.9 Å². The molecule has 1 heterocycles. The zero-order valence-corrected chi connectivity index (χ0v) is 17.1. The highest BCUT2D eigenvalue weighted by atomic mass is 35.5. The van der Waals surface area contributed by atoms with Crippen LogP contribution in [0.5, 0.6) is 5.75 Å². The molecular formula is C21H26ClN3O3. The zero-order chi connectivity index (χ0) is 19.4. The Balaban J connectivity index is 0.00000280. The maximum Gasteiger partial charge on any atom is 0.274 e. The van der Waals surface area contributed by atoms with E-state index in [2.05, 4.69) is 5.32 Å².